The fraction of sp³-hybridized carbons (Fsp3) is 0.238. The Morgan fingerprint density at radius 2 is 1.64 bits per heavy atom. The van der Waals surface area contributed by atoms with E-state index < -0.39 is 0 Å². The molecule has 0 saturated carbocycles. The van der Waals surface area contributed by atoms with Gasteiger partial charge < -0.3 is 9.64 Å². The summed E-state index contributed by atoms with van der Waals surface area (Å²) in [6.07, 6.45) is 3.16. The Kier molecular flexibility index (Phi) is 5.15. The van der Waals surface area contributed by atoms with E-state index >= 15 is 0 Å². The van der Waals surface area contributed by atoms with Gasteiger partial charge in [-0.3, -0.25) is 4.79 Å². The second kappa shape index (κ2) is 7.67. The van der Waals surface area contributed by atoms with Gasteiger partial charge in [-0.2, -0.15) is 5.26 Å². The van der Waals surface area contributed by atoms with Gasteiger partial charge in [0.25, 0.3) is 0 Å². The number of nitrogens with zero attached hydrogens (tertiary/aromatic N) is 2. The maximum Gasteiger partial charge on any atom is 0.245 e. The van der Waals surface area contributed by atoms with Crippen molar-refractivity contribution in [2.75, 3.05) is 13.1 Å². The van der Waals surface area contributed by atoms with E-state index in [9.17, 15) is 4.79 Å². The highest BCUT2D eigenvalue weighted by Crippen LogP contribution is 2.25. The van der Waals surface area contributed by atoms with Crippen LogP contribution >= 0.6 is 0 Å². The Bertz CT molecular complexity index is 780. The largest absolute Gasteiger partial charge is 0.490 e. The van der Waals surface area contributed by atoms with Crippen molar-refractivity contribution in [3.63, 3.8) is 0 Å². The average Bonchev–Trinajstić information content (AvgIpc) is 2.68. The lowest BCUT2D eigenvalue weighted by Crippen LogP contribution is -2.41. The Hall–Kier alpha value is -3.06. The van der Waals surface area contributed by atoms with E-state index in [1.54, 1.807) is 4.90 Å². The van der Waals surface area contributed by atoms with Crippen molar-refractivity contribution in [2.24, 2.45) is 0 Å². The van der Waals surface area contributed by atoms with E-state index in [4.69, 9.17) is 10.00 Å². The van der Waals surface area contributed by atoms with Gasteiger partial charge in [0.2, 0.25) is 5.91 Å². The van der Waals surface area contributed by atoms with E-state index in [2.05, 4.69) is 12.6 Å². The Morgan fingerprint density at radius 1 is 1.08 bits per heavy atom. The number of hydrogen-bond acceptors (Lipinski definition) is 3. The molecule has 0 bridgehead atoms. The number of likely N-dealkylation sites (tertiary alicyclic amines) is 1. The van der Waals surface area contributed by atoms with Crippen LogP contribution in [0, 0.1) is 11.3 Å². The number of carbonyl (C=O) groups is 1. The summed E-state index contributed by atoms with van der Waals surface area (Å²) < 4.78 is 6.04. The van der Waals surface area contributed by atoms with Crippen LogP contribution in [-0.2, 0) is 4.79 Å². The normalized spacial score (nSPS) is 14.6. The molecule has 4 nitrogen and oxygen atoms in total. The van der Waals surface area contributed by atoms with Crippen molar-refractivity contribution >= 4 is 5.91 Å². The quantitative estimate of drug-likeness (QED) is 0.801. The van der Waals surface area contributed by atoms with Crippen LogP contribution in [-0.4, -0.2) is 30.0 Å². The first-order chi connectivity index (χ1) is 12.2. The SMILES string of the molecule is C=CC(=O)N1CCC(Oc2ccc(-c3ccc(C#N)cc3)cc2)CC1. The van der Waals surface area contributed by atoms with Crippen LogP contribution in [0.4, 0.5) is 0 Å². The van der Waals surface area contributed by atoms with Gasteiger partial charge in [-0.15, -0.1) is 0 Å². The van der Waals surface area contributed by atoms with Gasteiger partial charge in [0.1, 0.15) is 11.9 Å². The first-order valence-corrected chi connectivity index (χ1v) is 8.38. The van der Waals surface area contributed by atoms with Gasteiger partial charge in [0.15, 0.2) is 0 Å². The molecule has 0 unspecified atom stereocenters. The summed E-state index contributed by atoms with van der Waals surface area (Å²) in [5, 5.41) is 8.86. The van der Waals surface area contributed by atoms with Crippen LogP contribution in [0.5, 0.6) is 5.75 Å². The fourth-order valence-corrected chi connectivity index (χ4v) is 2.98. The monoisotopic (exact) mass is 332 g/mol. The second-order valence-electron chi connectivity index (χ2n) is 6.06. The Morgan fingerprint density at radius 3 is 2.16 bits per heavy atom. The zero-order chi connectivity index (χ0) is 17.6. The zero-order valence-electron chi connectivity index (χ0n) is 14.0. The molecular weight excluding hydrogens is 312 g/mol. The Labute approximate surface area is 148 Å². The Balaban J connectivity index is 1.59. The first kappa shape index (κ1) is 16.8. The lowest BCUT2D eigenvalue weighted by Gasteiger charge is -2.31. The number of hydrogen-bond donors (Lipinski definition) is 0. The number of piperidine rings is 1. The van der Waals surface area contributed by atoms with Gasteiger partial charge >= 0.3 is 0 Å². The first-order valence-electron chi connectivity index (χ1n) is 8.38. The molecule has 1 fully saturated rings. The van der Waals surface area contributed by atoms with Gasteiger partial charge in [0, 0.05) is 25.9 Å². The lowest BCUT2D eigenvalue weighted by molar-refractivity contribution is -0.127. The highest BCUT2D eigenvalue weighted by atomic mass is 16.5. The van der Waals surface area contributed by atoms with E-state index in [0.717, 1.165) is 29.7 Å². The molecule has 1 saturated heterocycles. The molecule has 0 spiro atoms. The molecule has 3 rings (SSSR count). The molecule has 126 valence electrons. The second-order valence-corrected chi connectivity index (χ2v) is 6.06. The van der Waals surface area contributed by atoms with Crippen molar-refractivity contribution in [3.8, 4) is 22.9 Å². The van der Waals surface area contributed by atoms with Crippen molar-refractivity contribution < 1.29 is 9.53 Å². The zero-order valence-corrected chi connectivity index (χ0v) is 14.0. The molecule has 0 aromatic heterocycles. The third-order valence-corrected chi connectivity index (χ3v) is 4.43. The number of benzene rings is 2. The molecule has 0 N–H and O–H groups in total. The molecule has 0 aliphatic carbocycles. The predicted octanol–water partition coefficient (Wildman–Crippen LogP) is 3.78. The van der Waals surface area contributed by atoms with E-state index in [1.807, 2.05) is 48.5 Å². The molecule has 1 aliphatic rings. The summed E-state index contributed by atoms with van der Waals surface area (Å²) in [7, 11) is 0. The molecule has 2 aromatic carbocycles. The van der Waals surface area contributed by atoms with E-state index in [-0.39, 0.29) is 12.0 Å². The number of carbonyl (C=O) groups excluding carboxylic acids is 1. The smallest absolute Gasteiger partial charge is 0.245 e. The van der Waals surface area contributed by atoms with Crippen LogP contribution in [0.3, 0.4) is 0 Å². The minimum Gasteiger partial charge on any atom is -0.490 e. The maximum atomic E-state index is 11.6. The molecular formula is C21H20N2O2. The number of amides is 1. The van der Waals surface area contributed by atoms with Gasteiger partial charge in [0.05, 0.1) is 11.6 Å². The van der Waals surface area contributed by atoms with Crippen LogP contribution in [0.25, 0.3) is 11.1 Å². The van der Waals surface area contributed by atoms with Crippen LogP contribution in [0.15, 0.2) is 61.2 Å². The molecule has 4 heteroatoms. The predicted molar refractivity (Wildman–Crippen MR) is 97.0 cm³/mol. The maximum absolute atomic E-state index is 11.6. The topological polar surface area (TPSA) is 53.3 Å². The van der Waals surface area contributed by atoms with Crippen molar-refractivity contribution in [1.29, 1.82) is 5.26 Å². The molecule has 2 aromatic rings. The summed E-state index contributed by atoms with van der Waals surface area (Å²) in [4.78, 5) is 13.4. The lowest BCUT2D eigenvalue weighted by atomic mass is 10.0. The van der Waals surface area contributed by atoms with Crippen LogP contribution in [0.1, 0.15) is 18.4 Å². The number of rotatable bonds is 4. The molecule has 25 heavy (non-hydrogen) atoms. The van der Waals surface area contributed by atoms with E-state index in [0.29, 0.717) is 18.7 Å². The minimum atomic E-state index is -0.00906. The fourth-order valence-electron chi connectivity index (χ4n) is 2.98. The third-order valence-electron chi connectivity index (χ3n) is 4.43. The minimum absolute atomic E-state index is 0.00906. The van der Waals surface area contributed by atoms with Gasteiger partial charge in [-0.1, -0.05) is 30.8 Å². The highest BCUT2D eigenvalue weighted by Gasteiger charge is 2.22. The third kappa shape index (κ3) is 4.07. The van der Waals surface area contributed by atoms with Gasteiger partial charge in [-0.05, 0) is 41.5 Å². The summed E-state index contributed by atoms with van der Waals surface area (Å²) in [6, 6.07) is 17.6. The molecule has 0 radical (unpaired) electrons. The van der Waals surface area contributed by atoms with Crippen molar-refractivity contribution in [2.45, 2.75) is 18.9 Å². The van der Waals surface area contributed by atoms with Gasteiger partial charge in [-0.25, -0.2) is 0 Å². The van der Waals surface area contributed by atoms with Crippen molar-refractivity contribution in [1.82, 2.24) is 4.90 Å². The van der Waals surface area contributed by atoms with Crippen LogP contribution in [0.2, 0.25) is 0 Å². The summed E-state index contributed by atoms with van der Waals surface area (Å²) in [6.45, 7) is 4.94. The summed E-state index contributed by atoms with van der Waals surface area (Å²) in [5.74, 6) is 0.830. The number of nitriles is 1. The van der Waals surface area contributed by atoms with E-state index in [1.165, 1.54) is 6.08 Å². The molecule has 1 heterocycles. The molecule has 0 atom stereocenters. The average molecular weight is 332 g/mol. The number of ether oxygens (including phenoxy) is 1. The molecule has 1 amide bonds. The summed E-state index contributed by atoms with van der Waals surface area (Å²) in [5.41, 5.74) is 2.81. The van der Waals surface area contributed by atoms with Crippen molar-refractivity contribution in [3.05, 3.63) is 66.7 Å². The highest BCUT2D eigenvalue weighted by molar-refractivity contribution is 5.87. The standard InChI is InChI=1S/C21H20N2O2/c1-2-21(24)23-13-11-20(12-14-23)25-19-9-7-18(8-10-19)17-5-3-16(15-22)4-6-17/h2-10,20H,1,11-14H2. The molecule has 1 aliphatic heterocycles. The van der Waals surface area contributed by atoms with Crippen LogP contribution < -0.4 is 4.74 Å². The summed E-state index contributed by atoms with van der Waals surface area (Å²) >= 11 is 0.